The summed E-state index contributed by atoms with van der Waals surface area (Å²) in [6.45, 7) is 5.81. The molecule has 0 aliphatic rings. The largest absolute Gasteiger partial charge is 0.382 e. The van der Waals surface area contributed by atoms with Crippen LogP contribution in [0.15, 0.2) is 12.2 Å². The zero-order valence-electron chi connectivity index (χ0n) is 6.39. The van der Waals surface area contributed by atoms with Crippen molar-refractivity contribution >= 4 is 0 Å². The van der Waals surface area contributed by atoms with Crippen molar-refractivity contribution < 1.29 is 4.74 Å². The van der Waals surface area contributed by atoms with Crippen LogP contribution in [0.25, 0.3) is 0 Å². The first-order chi connectivity index (χ1) is 4.41. The fraction of sp³-hybridized carbons (Fsp3) is 0.750. The maximum Gasteiger partial charge on any atom is 0.0468 e. The molecule has 9 heavy (non-hydrogen) atoms. The van der Waals surface area contributed by atoms with E-state index in [-0.39, 0.29) is 0 Å². The number of hydrogen-bond acceptors (Lipinski definition) is 1. The van der Waals surface area contributed by atoms with E-state index in [1.165, 1.54) is 0 Å². The smallest absolute Gasteiger partial charge is 0.0468 e. The number of unbranched alkanes of at least 4 members (excludes halogenated alkanes) is 1. The summed E-state index contributed by atoms with van der Waals surface area (Å²) < 4.78 is 5.15. The number of rotatable bonds is 5. The molecular weight excluding hydrogens is 112 g/mol. The predicted molar refractivity (Wildman–Crippen MR) is 40.5 cm³/mol. The van der Waals surface area contributed by atoms with Crippen molar-refractivity contribution in [2.45, 2.75) is 26.7 Å². The van der Waals surface area contributed by atoms with E-state index in [1.54, 1.807) is 0 Å². The van der Waals surface area contributed by atoms with Crippen LogP contribution in [0.3, 0.4) is 0 Å². The summed E-state index contributed by atoms with van der Waals surface area (Å²) in [6.07, 6.45) is 6.54. The van der Waals surface area contributed by atoms with Crippen LogP contribution in [0.4, 0.5) is 0 Å². The monoisotopic (exact) mass is 128 g/mol. The average Bonchev–Trinajstić information content (AvgIpc) is 1.89. The lowest BCUT2D eigenvalue weighted by Crippen LogP contribution is -1.91. The van der Waals surface area contributed by atoms with E-state index < -0.39 is 0 Å². The van der Waals surface area contributed by atoms with E-state index in [9.17, 15) is 0 Å². The third-order valence-corrected chi connectivity index (χ3v) is 1.10. The molecule has 1 nitrogen and oxygen atoms in total. The summed E-state index contributed by atoms with van der Waals surface area (Å²) in [5.74, 6) is 0. The van der Waals surface area contributed by atoms with Crippen molar-refractivity contribution in [3.05, 3.63) is 12.2 Å². The minimum atomic E-state index is 0.843. The quantitative estimate of drug-likeness (QED) is 0.408. The second kappa shape index (κ2) is 7.70. The van der Waals surface area contributed by atoms with Gasteiger partial charge in [0.15, 0.2) is 0 Å². The zero-order chi connectivity index (χ0) is 6.95. The lowest BCUT2D eigenvalue weighted by molar-refractivity contribution is 0.145. The molecule has 0 spiro atoms. The Kier molecular flexibility index (Phi) is 7.44. The standard InChI is InChI=1S/C8H16O/c1-3-5-6-7-8-9-4-2/h3,5H,4,6-8H2,1-2H3/b5-3+. The van der Waals surface area contributed by atoms with Crippen LogP contribution >= 0.6 is 0 Å². The summed E-state index contributed by atoms with van der Waals surface area (Å²) >= 11 is 0. The molecule has 0 aromatic carbocycles. The van der Waals surface area contributed by atoms with E-state index in [2.05, 4.69) is 12.2 Å². The first-order valence-electron chi connectivity index (χ1n) is 3.60. The van der Waals surface area contributed by atoms with Crippen molar-refractivity contribution in [2.24, 2.45) is 0 Å². The highest BCUT2D eigenvalue weighted by molar-refractivity contribution is 4.75. The van der Waals surface area contributed by atoms with Gasteiger partial charge in [-0.25, -0.2) is 0 Å². The van der Waals surface area contributed by atoms with Gasteiger partial charge in [-0.3, -0.25) is 0 Å². The molecule has 0 amide bonds. The van der Waals surface area contributed by atoms with Crippen LogP contribution in [0.1, 0.15) is 26.7 Å². The van der Waals surface area contributed by atoms with Gasteiger partial charge in [0.05, 0.1) is 0 Å². The molecule has 0 saturated carbocycles. The van der Waals surface area contributed by atoms with E-state index in [0.717, 1.165) is 26.1 Å². The van der Waals surface area contributed by atoms with Gasteiger partial charge in [-0.15, -0.1) is 0 Å². The van der Waals surface area contributed by atoms with Gasteiger partial charge in [0, 0.05) is 13.2 Å². The summed E-state index contributed by atoms with van der Waals surface area (Å²) in [5, 5.41) is 0. The van der Waals surface area contributed by atoms with Gasteiger partial charge < -0.3 is 4.74 Å². The average molecular weight is 128 g/mol. The van der Waals surface area contributed by atoms with Crippen molar-refractivity contribution in [1.82, 2.24) is 0 Å². The van der Waals surface area contributed by atoms with E-state index in [1.807, 2.05) is 13.8 Å². The van der Waals surface area contributed by atoms with Crippen molar-refractivity contribution in [2.75, 3.05) is 13.2 Å². The lowest BCUT2D eigenvalue weighted by Gasteiger charge is -1.95. The summed E-state index contributed by atoms with van der Waals surface area (Å²) in [5.41, 5.74) is 0. The van der Waals surface area contributed by atoms with E-state index in [0.29, 0.717) is 0 Å². The Morgan fingerprint density at radius 3 is 2.78 bits per heavy atom. The molecule has 0 aromatic heterocycles. The van der Waals surface area contributed by atoms with E-state index >= 15 is 0 Å². The first-order valence-corrected chi connectivity index (χ1v) is 3.60. The van der Waals surface area contributed by atoms with Gasteiger partial charge in [-0.1, -0.05) is 12.2 Å². The molecule has 1 heteroatoms. The van der Waals surface area contributed by atoms with Gasteiger partial charge >= 0.3 is 0 Å². The molecule has 0 rings (SSSR count). The van der Waals surface area contributed by atoms with Crippen molar-refractivity contribution in [3.8, 4) is 0 Å². The normalized spacial score (nSPS) is 10.9. The van der Waals surface area contributed by atoms with Crippen LogP contribution in [-0.4, -0.2) is 13.2 Å². The third kappa shape index (κ3) is 7.70. The van der Waals surface area contributed by atoms with Gasteiger partial charge in [-0.2, -0.15) is 0 Å². The van der Waals surface area contributed by atoms with Gasteiger partial charge in [-0.05, 0) is 26.7 Å². The molecule has 0 unspecified atom stereocenters. The number of hydrogen-bond donors (Lipinski definition) is 0. The zero-order valence-corrected chi connectivity index (χ0v) is 6.39. The molecular formula is C8H16O. The fourth-order valence-corrected chi connectivity index (χ4v) is 0.614. The summed E-state index contributed by atoms with van der Waals surface area (Å²) in [7, 11) is 0. The topological polar surface area (TPSA) is 9.23 Å². The third-order valence-electron chi connectivity index (χ3n) is 1.10. The maximum absolute atomic E-state index is 5.15. The molecule has 0 aromatic rings. The molecule has 0 bridgehead atoms. The van der Waals surface area contributed by atoms with Gasteiger partial charge in [0.25, 0.3) is 0 Å². The molecule has 0 atom stereocenters. The van der Waals surface area contributed by atoms with Crippen LogP contribution in [0.2, 0.25) is 0 Å². The number of ether oxygens (including phenoxy) is 1. The maximum atomic E-state index is 5.15. The molecule has 0 saturated heterocycles. The SMILES string of the molecule is C/C=C/CCCOCC. The second-order valence-corrected chi connectivity index (χ2v) is 1.91. The van der Waals surface area contributed by atoms with Crippen LogP contribution in [0, 0.1) is 0 Å². The highest BCUT2D eigenvalue weighted by Gasteiger charge is 1.81. The highest BCUT2D eigenvalue weighted by Crippen LogP contribution is 1.90. The molecule has 0 aliphatic carbocycles. The minimum Gasteiger partial charge on any atom is -0.382 e. The molecule has 0 heterocycles. The van der Waals surface area contributed by atoms with E-state index in [4.69, 9.17) is 4.74 Å². The van der Waals surface area contributed by atoms with Crippen LogP contribution < -0.4 is 0 Å². The molecule has 0 N–H and O–H groups in total. The van der Waals surface area contributed by atoms with Crippen molar-refractivity contribution in [1.29, 1.82) is 0 Å². The second-order valence-electron chi connectivity index (χ2n) is 1.91. The van der Waals surface area contributed by atoms with Crippen LogP contribution in [0.5, 0.6) is 0 Å². The Morgan fingerprint density at radius 1 is 1.44 bits per heavy atom. The van der Waals surface area contributed by atoms with Crippen molar-refractivity contribution in [3.63, 3.8) is 0 Å². The lowest BCUT2D eigenvalue weighted by atomic mass is 10.3. The predicted octanol–water partition coefficient (Wildman–Crippen LogP) is 2.38. The highest BCUT2D eigenvalue weighted by atomic mass is 16.5. The Hall–Kier alpha value is -0.300. The Bertz CT molecular complexity index is 67.0. The molecule has 0 aliphatic heterocycles. The fourth-order valence-electron chi connectivity index (χ4n) is 0.614. The Labute approximate surface area is 57.7 Å². The Balaban J connectivity index is 2.75. The molecule has 0 fully saturated rings. The molecule has 0 radical (unpaired) electrons. The van der Waals surface area contributed by atoms with Crippen LogP contribution in [-0.2, 0) is 4.74 Å². The first kappa shape index (κ1) is 8.70. The number of allylic oxidation sites excluding steroid dienone is 2. The summed E-state index contributed by atoms with van der Waals surface area (Å²) in [4.78, 5) is 0. The minimum absolute atomic E-state index is 0.843. The Morgan fingerprint density at radius 2 is 2.22 bits per heavy atom. The summed E-state index contributed by atoms with van der Waals surface area (Å²) in [6, 6.07) is 0. The van der Waals surface area contributed by atoms with Gasteiger partial charge in [0.2, 0.25) is 0 Å². The molecule has 54 valence electrons. The van der Waals surface area contributed by atoms with Gasteiger partial charge in [0.1, 0.15) is 0 Å².